The van der Waals surface area contributed by atoms with Gasteiger partial charge in [-0.1, -0.05) is 24.3 Å². The van der Waals surface area contributed by atoms with Gasteiger partial charge in [-0.05, 0) is 45.6 Å². The lowest BCUT2D eigenvalue weighted by molar-refractivity contribution is 0.00578. The lowest BCUT2D eigenvalue weighted by Crippen LogP contribution is -2.41. The highest BCUT2D eigenvalue weighted by atomic mass is 16.7. The fraction of sp³-hybridized carbons (Fsp3) is 0.526. The zero-order valence-corrected chi connectivity index (χ0v) is 16.0. The molecule has 0 aliphatic carbocycles. The van der Waals surface area contributed by atoms with E-state index in [9.17, 15) is 0 Å². The second-order valence-corrected chi connectivity index (χ2v) is 7.57. The molecule has 0 atom stereocenters. The fourth-order valence-corrected chi connectivity index (χ4v) is 2.93. The summed E-state index contributed by atoms with van der Waals surface area (Å²) in [6.45, 7) is 11.8. The molecule has 6 heteroatoms. The number of benzene rings is 1. The Hall–Kier alpha value is -1.63. The molecule has 0 bridgehead atoms. The smallest absolute Gasteiger partial charge is 0.399 e. The molecule has 1 aliphatic rings. The molecule has 0 spiro atoms. The van der Waals surface area contributed by atoms with E-state index >= 15 is 0 Å². The predicted molar refractivity (Wildman–Crippen MR) is 100.0 cm³/mol. The van der Waals surface area contributed by atoms with Crippen molar-refractivity contribution in [2.24, 2.45) is 0 Å². The van der Waals surface area contributed by atoms with Gasteiger partial charge in [-0.25, -0.2) is 0 Å². The Labute approximate surface area is 150 Å². The summed E-state index contributed by atoms with van der Waals surface area (Å²) in [7, 11) is 1.37. The fourth-order valence-electron chi connectivity index (χ4n) is 2.93. The van der Waals surface area contributed by atoms with Crippen LogP contribution in [-0.2, 0) is 20.6 Å². The number of hydrogen-bond acceptors (Lipinski definition) is 4. The Morgan fingerprint density at radius 3 is 2.24 bits per heavy atom. The van der Waals surface area contributed by atoms with Crippen LogP contribution >= 0.6 is 0 Å². The van der Waals surface area contributed by atoms with Gasteiger partial charge in [0.05, 0.1) is 30.6 Å². The van der Waals surface area contributed by atoms with E-state index in [4.69, 9.17) is 14.0 Å². The zero-order chi connectivity index (χ0) is 18.2. The molecule has 1 aromatic heterocycles. The van der Waals surface area contributed by atoms with Crippen molar-refractivity contribution in [1.29, 1.82) is 0 Å². The monoisotopic (exact) mass is 342 g/mol. The molecule has 1 aromatic carbocycles. The normalized spacial score (nSPS) is 18.7. The summed E-state index contributed by atoms with van der Waals surface area (Å²) in [6.07, 6.45) is 1.91. The molecular formula is C19H27BN2O3. The first-order valence-corrected chi connectivity index (χ1v) is 8.72. The molecule has 0 radical (unpaired) electrons. The Kier molecular flexibility index (Phi) is 4.79. The van der Waals surface area contributed by atoms with Crippen LogP contribution in [0.3, 0.4) is 0 Å². The number of rotatable bonds is 5. The Balaban J connectivity index is 1.79. The first-order valence-electron chi connectivity index (χ1n) is 8.72. The summed E-state index contributed by atoms with van der Waals surface area (Å²) in [6, 6.07) is 8.35. The quantitative estimate of drug-likeness (QED) is 0.784. The summed E-state index contributed by atoms with van der Waals surface area (Å²) in [4.78, 5) is 0. The van der Waals surface area contributed by atoms with Crippen molar-refractivity contribution in [1.82, 2.24) is 9.78 Å². The minimum atomic E-state index is -0.329. The topological polar surface area (TPSA) is 45.5 Å². The highest BCUT2D eigenvalue weighted by Gasteiger charge is 2.51. The van der Waals surface area contributed by atoms with E-state index in [-0.39, 0.29) is 18.3 Å². The average Bonchev–Trinajstić information content (AvgIpc) is 3.02. The molecule has 2 heterocycles. The van der Waals surface area contributed by atoms with Gasteiger partial charge < -0.3 is 14.0 Å². The zero-order valence-electron chi connectivity index (χ0n) is 16.0. The second-order valence-electron chi connectivity index (χ2n) is 7.57. The average molecular weight is 342 g/mol. The molecule has 1 aliphatic heterocycles. The molecule has 0 saturated carbocycles. The second kappa shape index (κ2) is 6.59. The van der Waals surface area contributed by atoms with Crippen molar-refractivity contribution < 1.29 is 14.0 Å². The van der Waals surface area contributed by atoms with Crippen LogP contribution < -0.4 is 5.46 Å². The van der Waals surface area contributed by atoms with E-state index in [0.29, 0.717) is 6.61 Å². The number of nitrogens with zero attached hydrogens (tertiary/aromatic N) is 2. The number of aromatic nitrogens is 2. The molecule has 5 nitrogen and oxygen atoms in total. The summed E-state index contributed by atoms with van der Waals surface area (Å²) in [5.41, 5.74) is 3.80. The van der Waals surface area contributed by atoms with Gasteiger partial charge in [0, 0.05) is 18.4 Å². The standard InChI is InChI=1S/C19H27BN2O3/c1-14-17(13-21-22(14)11-12-23-6)15-7-9-16(10-8-15)20-24-18(2,3)19(4,5)25-20/h7-10,13H,11-12H2,1-6H3. The number of methoxy groups -OCH3 is 1. The van der Waals surface area contributed by atoms with Crippen LogP contribution in [-0.4, -0.2) is 41.8 Å². The maximum absolute atomic E-state index is 6.12. The van der Waals surface area contributed by atoms with Gasteiger partial charge in [-0.3, -0.25) is 4.68 Å². The van der Waals surface area contributed by atoms with E-state index in [1.165, 1.54) is 0 Å². The van der Waals surface area contributed by atoms with Gasteiger partial charge >= 0.3 is 7.12 Å². The SMILES string of the molecule is COCCn1ncc(-c2ccc(B3OC(C)(C)C(C)(C)O3)cc2)c1C. The van der Waals surface area contributed by atoms with Gasteiger partial charge in [0.15, 0.2) is 0 Å². The maximum Gasteiger partial charge on any atom is 0.494 e. The molecule has 0 N–H and O–H groups in total. The highest BCUT2D eigenvalue weighted by Crippen LogP contribution is 2.36. The minimum Gasteiger partial charge on any atom is -0.399 e. The summed E-state index contributed by atoms with van der Waals surface area (Å²) in [5, 5.41) is 4.45. The van der Waals surface area contributed by atoms with Gasteiger partial charge in [0.2, 0.25) is 0 Å². The Morgan fingerprint density at radius 1 is 1.08 bits per heavy atom. The highest BCUT2D eigenvalue weighted by molar-refractivity contribution is 6.62. The van der Waals surface area contributed by atoms with E-state index in [0.717, 1.165) is 28.8 Å². The molecule has 1 fully saturated rings. The molecule has 3 rings (SSSR count). The summed E-state index contributed by atoms with van der Waals surface area (Å²) in [5.74, 6) is 0. The lowest BCUT2D eigenvalue weighted by atomic mass is 9.78. The van der Waals surface area contributed by atoms with Gasteiger partial charge in [-0.2, -0.15) is 5.10 Å². The van der Waals surface area contributed by atoms with Crippen LogP contribution in [0.5, 0.6) is 0 Å². The molecule has 2 aromatic rings. The van der Waals surface area contributed by atoms with Crippen LogP contribution in [0.25, 0.3) is 11.1 Å². The molecule has 134 valence electrons. The molecule has 0 unspecified atom stereocenters. The first kappa shape index (κ1) is 18.2. The molecule has 1 saturated heterocycles. The van der Waals surface area contributed by atoms with Crippen molar-refractivity contribution in [3.63, 3.8) is 0 Å². The van der Waals surface area contributed by atoms with Crippen LogP contribution in [0, 0.1) is 6.92 Å². The van der Waals surface area contributed by atoms with Crippen LogP contribution in [0.4, 0.5) is 0 Å². The van der Waals surface area contributed by atoms with Crippen molar-refractivity contribution in [2.45, 2.75) is 52.4 Å². The Morgan fingerprint density at radius 2 is 1.68 bits per heavy atom. The van der Waals surface area contributed by atoms with Gasteiger partial charge in [-0.15, -0.1) is 0 Å². The Bertz CT molecular complexity index is 722. The number of ether oxygens (including phenoxy) is 1. The maximum atomic E-state index is 6.12. The third-order valence-electron chi connectivity index (χ3n) is 5.36. The van der Waals surface area contributed by atoms with Gasteiger partial charge in [0.25, 0.3) is 0 Å². The van der Waals surface area contributed by atoms with Crippen molar-refractivity contribution in [2.75, 3.05) is 13.7 Å². The van der Waals surface area contributed by atoms with E-state index < -0.39 is 0 Å². The van der Waals surface area contributed by atoms with Crippen molar-refractivity contribution >= 4 is 12.6 Å². The predicted octanol–water partition coefficient (Wildman–Crippen LogP) is 2.80. The lowest BCUT2D eigenvalue weighted by Gasteiger charge is -2.32. The van der Waals surface area contributed by atoms with Crippen molar-refractivity contribution in [3.8, 4) is 11.1 Å². The van der Waals surface area contributed by atoms with E-state index in [1.807, 2.05) is 10.9 Å². The molecular weight excluding hydrogens is 315 g/mol. The molecule has 0 amide bonds. The van der Waals surface area contributed by atoms with Crippen molar-refractivity contribution in [3.05, 3.63) is 36.2 Å². The number of hydrogen-bond donors (Lipinski definition) is 0. The first-order chi connectivity index (χ1) is 11.7. The minimum absolute atomic E-state index is 0.324. The molecule has 25 heavy (non-hydrogen) atoms. The van der Waals surface area contributed by atoms with Crippen LogP contribution in [0.2, 0.25) is 0 Å². The largest absolute Gasteiger partial charge is 0.494 e. The summed E-state index contributed by atoms with van der Waals surface area (Å²) < 4.78 is 19.3. The van der Waals surface area contributed by atoms with E-state index in [1.54, 1.807) is 7.11 Å². The van der Waals surface area contributed by atoms with Crippen LogP contribution in [0.1, 0.15) is 33.4 Å². The van der Waals surface area contributed by atoms with Crippen LogP contribution in [0.15, 0.2) is 30.5 Å². The third-order valence-corrected chi connectivity index (χ3v) is 5.36. The third kappa shape index (κ3) is 3.39. The van der Waals surface area contributed by atoms with Gasteiger partial charge in [0.1, 0.15) is 0 Å². The summed E-state index contributed by atoms with van der Waals surface area (Å²) >= 11 is 0. The van der Waals surface area contributed by atoms with E-state index in [2.05, 4.69) is 64.0 Å².